The predicted octanol–water partition coefficient (Wildman–Crippen LogP) is 4.12. The van der Waals surface area contributed by atoms with Gasteiger partial charge in [0.15, 0.2) is 0 Å². The molecule has 1 atom stereocenters. The van der Waals surface area contributed by atoms with Crippen LogP contribution in [0.5, 0.6) is 5.75 Å². The van der Waals surface area contributed by atoms with Crippen LogP contribution in [0.15, 0.2) is 58.5 Å². The Hall–Kier alpha value is -1.92. The SMILES string of the molecule is Cc1ccc(S[C@H](C)C(=O)N/N=C\c2cccc(OC3CSC3)c2)cc1. The van der Waals surface area contributed by atoms with Crippen LogP contribution in [-0.2, 0) is 4.79 Å². The number of hydrogen-bond acceptors (Lipinski definition) is 5. The van der Waals surface area contributed by atoms with Gasteiger partial charge in [-0.05, 0) is 43.7 Å². The molecule has 136 valence electrons. The summed E-state index contributed by atoms with van der Waals surface area (Å²) >= 11 is 3.41. The lowest BCUT2D eigenvalue weighted by atomic mass is 10.2. The number of rotatable bonds is 7. The lowest BCUT2D eigenvalue weighted by Gasteiger charge is -2.25. The highest BCUT2D eigenvalue weighted by Gasteiger charge is 2.19. The molecule has 0 bridgehead atoms. The molecule has 0 aliphatic carbocycles. The molecule has 0 radical (unpaired) electrons. The van der Waals surface area contributed by atoms with Gasteiger partial charge >= 0.3 is 0 Å². The van der Waals surface area contributed by atoms with Gasteiger partial charge in [-0.15, -0.1) is 11.8 Å². The fraction of sp³-hybridized carbons (Fsp3) is 0.300. The third-order valence-corrected chi connectivity index (χ3v) is 6.19. The summed E-state index contributed by atoms with van der Waals surface area (Å²) in [7, 11) is 0. The highest BCUT2D eigenvalue weighted by Crippen LogP contribution is 2.24. The summed E-state index contributed by atoms with van der Waals surface area (Å²) in [6.07, 6.45) is 1.95. The van der Waals surface area contributed by atoms with Crippen molar-refractivity contribution < 1.29 is 9.53 Å². The van der Waals surface area contributed by atoms with E-state index in [0.29, 0.717) is 6.10 Å². The number of hydrogen-bond donors (Lipinski definition) is 1. The van der Waals surface area contributed by atoms with Gasteiger partial charge < -0.3 is 4.74 Å². The van der Waals surface area contributed by atoms with Crippen molar-refractivity contribution in [3.8, 4) is 5.75 Å². The Morgan fingerprint density at radius 3 is 2.77 bits per heavy atom. The lowest BCUT2D eigenvalue weighted by Crippen LogP contribution is -2.31. The van der Waals surface area contributed by atoms with Crippen LogP contribution in [0.2, 0.25) is 0 Å². The van der Waals surface area contributed by atoms with E-state index in [2.05, 4.69) is 10.5 Å². The standard InChI is InChI=1S/C20H22N2O2S2/c1-14-6-8-19(9-7-14)26-15(2)20(23)22-21-11-16-4-3-5-17(10-16)24-18-12-25-13-18/h3-11,15,18H,12-13H2,1-2H3,(H,22,23)/b21-11-/t15-/m1/s1. The van der Waals surface area contributed by atoms with Gasteiger partial charge in [-0.1, -0.05) is 29.8 Å². The number of amides is 1. The highest BCUT2D eigenvalue weighted by atomic mass is 32.2. The van der Waals surface area contributed by atoms with Gasteiger partial charge in [0, 0.05) is 16.4 Å². The molecule has 1 fully saturated rings. The van der Waals surface area contributed by atoms with Gasteiger partial charge in [0.05, 0.1) is 11.5 Å². The van der Waals surface area contributed by atoms with E-state index in [0.717, 1.165) is 27.7 Å². The molecule has 1 amide bonds. The maximum absolute atomic E-state index is 12.2. The van der Waals surface area contributed by atoms with Crippen LogP contribution in [0.3, 0.4) is 0 Å². The Morgan fingerprint density at radius 2 is 2.08 bits per heavy atom. The number of hydrazone groups is 1. The second-order valence-corrected chi connectivity index (χ2v) is 8.65. The molecule has 4 nitrogen and oxygen atoms in total. The number of aryl methyl sites for hydroxylation is 1. The summed E-state index contributed by atoms with van der Waals surface area (Å²) in [5, 5.41) is 3.85. The molecule has 0 aromatic heterocycles. The zero-order chi connectivity index (χ0) is 18.4. The monoisotopic (exact) mass is 386 g/mol. The largest absolute Gasteiger partial charge is 0.489 e. The van der Waals surface area contributed by atoms with E-state index in [1.54, 1.807) is 6.21 Å². The number of nitrogens with one attached hydrogen (secondary N) is 1. The second-order valence-electron chi connectivity index (χ2n) is 6.16. The van der Waals surface area contributed by atoms with Crippen molar-refractivity contribution in [3.05, 3.63) is 59.7 Å². The van der Waals surface area contributed by atoms with Crippen molar-refractivity contribution in [2.45, 2.75) is 30.1 Å². The van der Waals surface area contributed by atoms with Gasteiger partial charge in [0.25, 0.3) is 5.91 Å². The van der Waals surface area contributed by atoms with Crippen LogP contribution in [0.25, 0.3) is 0 Å². The van der Waals surface area contributed by atoms with Crippen LogP contribution in [0.1, 0.15) is 18.1 Å². The molecule has 1 saturated heterocycles. The Labute approximate surface area is 162 Å². The van der Waals surface area contributed by atoms with E-state index < -0.39 is 0 Å². The molecule has 1 N–H and O–H groups in total. The number of thioether (sulfide) groups is 2. The van der Waals surface area contributed by atoms with E-state index >= 15 is 0 Å². The van der Waals surface area contributed by atoms with Gasteiger partial charge in [0.1, 0.15) is 11.9 Å². The van der Waals surface area contributed by atoms with Crippen molar-refractivity contribution in [3.63, 3.8) is 0 Å². The molecule has 1 aliphatic heterocycles. The third-order valence-electron chi connectivity index (χ3n) is 3.86. The molecule has 26 heavy (non-hydrogen) atoms. The van der Waals surface area contributed by atoms with Crippen LogP contribution in [0, 0.1) is 6.92 Å². The quantitative estimate of drug-likeness (QED) is 0.442. The summed E-state index contributed by atoms with van der Waals surface area (Å²) < 4.78 is 5.86. The van der Waals surface area contributed by atoms with Crippen molar-refractivity contribution in [2.24, 2.45) is 5.10 Å². The summed E-state index contributed by atoms with van der Waals surface area (Å²) in [5.74, 6) is 2.81. The number of benzene rings is 2. The Morgan fingerprint density at radius 1 is 1.31 bits per heavy atom. The summed E-state index contributed by atoms with van der Waals surface area (Å²) in [5.41, 5.74) is 4.71. The zero-order valence-electron chi connectivity index (χ0n) is 14.8. The maximum Gasteiger partial charge on any atom is 0.253 e. The molecule has 0 spiro atoms. The summed E-state index contributed by atoms with van der Waals surface area (Å²) in [4.78, 5) is 13.3. The van der Waals surface area contributed by atoms with Gasteiger partial charge in [-0.3, -0.25) is 4.79 Å². The number of ether oxygens (including phenoxy) is 1. The second kappa shape index (κ2) is 9.14. The fourth-order valence-corrected chi connectivity index (χ4v) is 3.70. The van der Waals surface area contributed by atoms with Crippen molar-refractivity contribution in [1.82, 2.24) is 5.43 Å². The van der Waals surface area contributed by atoms with E-state index in [1.165, 1.54) is 17.3 Å². The maximum atomic E-state index is 12.2. The Balaban J connectivity index is 1.49. The molecule has 0 unspecified atom stereocenters. The first-order valence-electron chi connectivity index (χ1n) is 8.51. The van der Waals surface area contributed by atoms with E-state index in [9.17, 15) is 4.79 Å². The minimum absolute atomic E-state index is 0.120. The molecule has 0 saturated carbocycles. The van der Waals surface area contributed by atoms with E-state index in [4.69, 9.17) is 4.74 Å². The molecule has 1 heterocycles. The average Bonchev–Trinajstić information content (AvgIpc) is 2.60. The summed E-state index contributed by atoms with van der Waals surface area (Å²) in [6, 6.07) is 15.9. The summed E-state index contributed by atoms with van der Waals surface area (Å²) in [6.45, 7) is 3.92. The number of carbonyl (C=O) groups is 1. The van der Waals surface area contributed by atoms with Gasteiger partial charge in [0.2, 0.25) is 0 Å². The van der Waals surface area contributed by atoms with Crippen molar-refractivity contribution >= 4 is 35.6 Å². The third kappa shape index (κ3) is 5.54. The predicted molar refractivity (Wildman–Crippen MR) is 110 cm³/mol. The van der Waals surface area contributed by atoms with Gasteiger partial charge in [-0.25, -0.2) is 5.43 Å². The van der Waals surface area contributed by atoms with Crippen LogP contribution in [-0.4, -0.2) is 35.0 Å². The van der Waals surface area contributed by atoms with Crippen LogP contribution < -0.4 is 10.2 Å². The minimum Gasteiger partial charge on any atom is -0.489 e. The Bertz CT molecular complexity index is 774. The number of carbonyl (C=O) groups excluding carboxylic acids is 1. The molecule has 3 rings (SSSR count). The van der Waals surface area contributed by atoms with Gasteiger partial charge in [-0.2, -0.15) is 16.9 Å². The molecule has 2 aromatic rings. The van der Waals surface area contributed by atoms with Crippen LogP contribution >= 0.6 is 23.5 Å². The molecule has 2 aromatic carbocycles. The molecule has 1 aliphatic rings. The van der Waals surface area contributed by atoms with E-state index in [-0.39, 0.29) is 11.2 Å². The zero-order valence-corrected chi connectivity index (χ0v) is 16.5. The first-order valence-corrected chi connectivity index (χ1v) is 10.5. The molecular weight excluding hydrogens is 364 g/mol. The topological polar surface area (TPSA) is 50.7 Å². The van der Waals surface area contributed by atoms with Crippen LogP contribution in [0.4, 0.5) is 0 Å². The Kier molecular flexibility index (Phi) is 6.63. The average molecular weight is 387 g/mol. The van der Waals surface area contributed by atoms with Crippen molar-refractivity contribution in [1.29, 1.82) is 0 Å². The smallest absolute Gasteiger partial charge is 0.253 e. The van der Waals surface area contributed by atoms with E-state index in [1.807, 2.05) is 74.1 Å². The molecule has 6 heteroatoms. The fourth-order valence-electron chi connectivity index (χ4n) is 2.28. The first-order chi connectivity index (χ1) is 12.6. The normalized spacial score (nSPS) is 15.5. The molecular formula is C20H22N2O2S2. The highest BCUT2D eigenvalue weighted by molar-refractivity contribution is 8.00. The lowest BCUT2D eigenvalue weighted by molar-refractivity contribution is -0.120. The first kappa shape index (κ1) is 18.9. The van der Waals surface area contributed by atoms with Crippen molar-refractivity contribution in [2.75, 3.05) is 11.5 Å². The minimum atomic E-state index is -0.222. The number of nitrogens with zero attached hydrogens (tertiary/aromatic N) is 1.